The molecule has 22 heavy (non-hydrogen) atoms. The number of anilines is 2. The first-order valence-corrected chi connectivity index (χ1v) is 7.17. The van der Waals surface area contributed by atoms with Crippen LogP contribution in [0.2, 0.25) is 0 Å². The van der Waals surface area contributed by atoms with E-state index in [1.807, 2.05) is 13.8 Å². The first kappa shape index (κ1) is 15.9. The van der Waals surface area contributed by atoms with Crippen molar-refractivity contribution in [2.45, 2.75) is 33.2 Å². The molecule has 0 saturated heterocycles. The number of hydrogen-bond donors (Lipinski definition) is 2. The van der Waals surface area contributed by atoms with Crippen LogP contribution in [-0.2, 0) is 0 Å². The molecule has 2 aromatic rings. The average Bonchev–Trinajstić information content (AvgIpc) is 2.49. The summed E-state index contributed by atoms with van der Waals surface area (Å²) < 4.78 is 12.9. The monoisotopic (exact) mass is 302 g/mol. The second-order valence-corrected chi connectivity index (χ2v) is 5.13. The first-order chi connectivity index (χ1) is 10.5. The van der Waals surface area contributed by atoms with Crippen LogP contribution < -0.4 is 10.6 Å². The Kier molecular flexibility index (Phi) is 5.04. The van der Waals surface area contributed by atoms with Gasteiger partial charge in [0.2, 0.25) is 5.95 Å². The number of aromatic nitrogens is 2. The molecule has 1 atom stereocenters. The zero-order valence-corrected chi connectivity index (χ0v) is 12.9. The number of aryl methyl sites for hydroxylation is 1. The standard InChI is InChI=1S/C16H19FN4O/c1-4-10(2)18-15(22)14-9-11(3)19-16(21-14)20-13-7-5-12(17)6-8-13/h5-10H,4H2,1-3H3,(H,18,22)(H,19,20,21). The predicted octanol–water partition coefficient (Wildman–Crippen LogP) is 3.20. The molecular formula is C16H19FN4O. The Bertz CT molecular complexity index is 658. The van der Waals surface area contributed by atoms with Crippen molar-refractivity contribution in [1.29, 1.82) is 0 Å². The van der Waals surface area contributed by atoms with Gasteiger partial charge in [-0.25, -0.2) is 14.4 Å². The molecule has 0 aliphatic carbocycles. The number of benzene rings is 1. The Morgan fingerprint density at radius 3 is 2.59 bits per heavy atom. The molecule has 116 valence electrons. The topological polar surface area (TPSA) is 66.9 Å². The molecule has 1 aromatic heterocycles. The summed E-state index contributed by atoms with van der Waals surface area (Å²) in [6.45, 7) is 5.72. The highest BCUT2D eigenvalue weighted by molar-refractivity contribution is 5.92. The van der Waals surface area contributed by atoms with Crippen LogP contribution in [0.5, 0.6) is 0 Å². The maximum Gasteiger partial charge on any atom is 0.270 e. The molecule has 0 saturated carbocycles. The van der Waals surface area contributed by atoms with Crippen LogP contribution in [0, 0.1) is 12.7 Å². The molecule has 0 bridgehead atoms. The normalized spacial score (nSPS) is 11.8. The summed E-state index contributed by atoms with van der Waals surface area (Å²) in [6.07, 6.45) is 0.844. The van der Waals surface area contributed by atoms with Crippen molar-refractivity contribution < 1.29 is 9.18 Å². The number of rotatable bonds is 5. The van der Waals surface area contributed by atoms with Crippen LogP contribution in [0.3, 0.4) is 0 Å². The maximum atomic E-state index is 12.9. The molecule has 0 radical (unpaired) electrons. The molecule has 2 rings (SSSR count). The lowest BCUT2D eigenvalue weighted by Crippen LogP contribution is -2.32. The van der Waals surface area contributed by atoms with Crippen LogP contribution in [0.15, 0.2) is 30.3 Å². The lowest BCUT2D eigenvalue weighted by Gasteiger charge is -2.12. The second kappa shape index (κ2) is 6.98. The van der Waals surface area contributed by atoms with Gasteiger partial charge in [-0.05, 0) is 50.6 Å². The molecule has 0 fully saturated rings. The zero-order chi connectivity index (χ0) is 16.1. The number of carbonyl (C=O) groups is 1. The molecule has 2 N–H and O–H groups in total. The molecule has 1 aromatic carbocycles. The number of carbonyl (C=O) groups excluding carboxylic acids is 1. The molecule has 0 aliphatic rings. The largest absolute Gasteiger partial charge is 0.348 e. The van der Waals surface area contributed by atoms with Crippen molar-refractivity contribution in [2.75, 3.05) is 5.32 Å². The lowest BCUT2D eigenvalue weighted by atomic mass is 10.2. The van der Waals surface area contributed by atoms with Crippen LogP contribution in [0.4, 0.5) is 16.0 Å². The highest BCUT2D eigenvalue weighted by Crippen LogP contribution is 2.14. The van der Waals surface area contributed by atoms with E-state index in [2.05, 4.69) is 20.6 Å². The third kappa shape index (κ3) is 4.25. The van der Waals surface area contributed by atoms with Gasteiger partial charge in [-0.2, -0.15) is 0 Å². The van der Waals surface area contributed by atoms with E-state index in [0.717, 1.165) is 6.42 Å². The first-order valence-electron chi connectivity index (χ1n) is 7.17. The van der Waals surface area contributed by atoms with Gasteiger partial charge in [0.25, 0.3) is 5.91 Å². The summed E-state index contributed by atoms with van der Waals surface area (Å²) >= 11 is 0. The molecule has 6 heteroatoms. The van der Waals surface area contributed by atoms with E-state index in [1.165, 1.54) is 12.1 Å². The van der Waals surface area contributed by atoms with Crippen molar-refractivity contribution in [3.63, 3.8) is 0 Å². The zero-order valence-electron chi connectivity index (χ0n) is 12.9. The van der Waals surface area contributed by atoms with Crippen LogP contribution in [-0.4, -0.2) is 21.9 Å². The minimum Gasteiger partial charge on any atom is -0.348 e. The maximum absolute atomic E-state index is 12.9. The minimum atomic E-state index is -0.315. The average molecular weight is 302 g/mol. The van der Waals surface area contributed by atoms with E-state index in [0.29, 0.717) is 23.0 Å². The van der Waals surface area contributed by atoms with E-state index >= 15 is 0 Å². The van der Waals surface area contributed by atoms with E-state index in [-0.39, 0.29) is 17.8 Å². The molecule has 1 amide bonds. The summed E-state index contributed by atoms with van der Waals surface area (Å²) in [5, 5.41) is 5.83. The highest BCUT2D eigenvalue weighted by Gasteiger charge is 2.12. The van der Waals surface area contributed by atoms with Crippen molar-refractivity contribution in [3.8, 4) is 0 Å². The number of halogens is 1. The van der Waals surface area contributed by atoms with Crippen molar-refractivity contribution in [1.82, 2.24) is 15.3 Å². The van der Waals surface area contributed by atoms with Gasteiger partial charge in [-0.1, -0.05) is 6.92 Å². The second-order valence-electron chi connectivity index (χ2n) is 5.13. The molecule has 0 aliphatic heterocycles. The third-order valence-corrected chi connectivity index (χ3v) is 3.18. The van der Waals surface area contributed by atoms with Crippen LogP contribution in [0.25, 0.3) is 0 Å². The van der Waals surface area contributed by atoms with E-state index < -0.39 is 0 Å². The molecule has 0 spiro atoms. The molecule has 1 heterocycles. The lowest BCUT2D eigenvalue weighted by molar-refractivity contribution is 0.0934. The van der Waals surface area contributed by atoms with Crippen LogP contribution >= 0.6 is 0 Å². The third-order valence-electron chi connectivity index (χ3n) is 3.18. The summed E-state index contributed by atoms with van der Waals surface area (Å²) in [5.41, 5.74) is 1.63. The van der Waals surface area contributed by atoms with Crippen molar-refractivity contribution in [2.24, 2.45) is 0 Å². The number of hydrogen-bond acceptors (Lipinski definition) is 4. The van der Waals surface area contributed by atoms with Gasteiger partial charge in [0, 0.05) is 17.4 Å². The Labute approximate surface area is 129 Å². The fraction of sp³-hybridized carbons (Fsp3) is 0.312. The Morgan fingerprint density at radius 1 is 1.27 bits per heavy atom. The van der Waals surface area contributed by atoms with E-state index in [9.17, 15) is 9.18 Å². The smallest absolute Gasteiger partial charge is 0.270 e. The fourth-order valence-corrected chi connectivity index (χ4v) is 1.80. The number of nitrogens with one attached hydrogen (secondary N) is 2. The molecule has 5 nitrogen and oxygen atoms in total. The summed E-state index contributed by atoms with van der Waals surface area (Å²) in [7, 11) is 0. The van der Waals surface area contributed by atoms with Gasteiger partial charge in [-0.3, -0.25) is 4.79 Å². The van der Waals surface area contributed by atoms with Gasteiger partial charge < -0.3 is 10.6 Å². The highest BCUT2D eigenvalue weighted by atomic mass is 19.1. The van der Waals surface area contributed by atoms with Gasteiger partial charge in [0.05, 0.1) is 0 Å². The van der Waals surface area contributed by atoms with Crippen molar-refractivity contribution >= 4 is 17.5 Å². The SMILES string of the molecule is CCC(C)NC(=O)c1cc(C)nc(Nc2ccc(F)cc2)n1. The molecular weight excluding hydrogens is 283 g/mol. The Morgan fingerprint density at radius 2 is 1.95 bits per heavy atom. The van der Waals surface area contributed by atoms with Crippen LogP contribution in [0.1, 0.15) is 36.5 Å². The predicted molar refractivity (Wildman–Crippen MR) is 83.7 cm³/mol. The van der Waals surface area contributed by atoms with Gasteiger partial charge in [0.15, 0.2) is 0 Å². The summed E-state index contributed by atoms with van der Waals surface area (Å²) in [6, 6.07) is 7.56. The van der Waals surface area contributed by atoms with Gasteiger partial charge in [0.1, 0.15) is 11.5 Å². The number of nitrogens with zero attached hydrogens (tertiary/aromatic N) is 2. The quantitative estimate of drug-likeness (QED) is 0.890. The Hall–Kier alpha value is -2.50. The summed E-state index contributed by atoms with van der Waals surface area (Å²) in [5.74, 6) is -0.243. The Balaban J connectivity index is 2.19. The van der Waals surface area contributed by atoms with E-state index in [1.54, 1.807) is 25.1 Å². The van der Waals surface area contributed by atoms with Gasteiger partial charge in [-0.15, -0.1) is 0 Å². The number of amides is 1. The van der Waals surface area contributed by atoms with Gasteiger partial charge >= 0.3 is 0 Å². The summed E-state index contributed by atoms with van der Waals surface area (Å²) in [4.78, 5) is 20.6. The van der Waals surface area contributed by atoms with Crippen molar-refractivity contribution in [3.05, 3.63) is 47.5 Å². The van der Waals surface area contributed by atoms with E-state index in [4.69, 9.17) is 0 Å². The minimum absolute atomic E-state index is 0.0799. The molecule has 1 unspecified atom stereocenters. The fourth-order valence-electron chi connectivity index (χ4n) is 1.80.